The molecule has 0 N–H and O–H groups in total. The smallest absolute Gasteiger partial charge is 0.331 e. The van der Waals surface area contributed by atoms with Crippen molar-refractivity contribution < 1.29 is 18.0 Å². The number of urea groups is 1. The SMILES string of the molecule is CN(C)C(=O)N(C)Cc1cccc(C(F)(F)F)c1. The summed E-state index contributed by atoms with van der Waals surface area (Å²) in [6, 6.07) is 4.71. The molecule has 0 aliphatic rings. The van der Waals surface area contributed by atoms with Crippen LogP contribution in [0.3, 0.4) is 0 Å². The van der Waals surface area contributed by atoms with Crippen molar-refractivity contribution in [2.45, 2.75) is 12.7 Å². The first-order valence-corrected chi connectivity index (χ1v) is 5.30. The molecule has 0 aliphatic heterocycles. The predicted octanol–water partition coefficient (Wildman–Crippen LogP) is 2.82. The first-order valence-electron chi connectivity index (χ1n) is 5.30. The minimum Gasteiger partial charge on any atom is -0.331 e. The van der Waals surface area contributed by atoms with Crippen LogP contribution in [0.25, 0.3) is 0 Å². The number of alkyl halides is 3. The second kappa shape index (κ2) is 5.29. The van der Waals surface area contributed by atoms with E-state index in [2.05, 4.69) is 0 Å². The number of carbonyl (C=O) groups is 1. The lowest BCUT2D eigenvalue weighted by molar-refractivity contribution is -0.137. The first kappa shape index (κ1) is 14.3. The van der Waals surface area contributed by atoms with Crippen molar-refractivity contribution in [3.8, 4) is 0 Å². The van der Waals surface area contributed by atoms with Crippen molar-refractivity contribution in [2.24, 2.45) is 0 Å². The molecule has 0 saturated heterocycles. The fourth-order valence-electron chi connectivity index (χ4n) is 1.53. The van der Waals surface area contributed by atoms with Gasteiger partial charge in [0.15, 0.2) is 0 Å². The van der Waals surface area contributed by atoms with E-state index in [1.165, 1.54) is 15.9 Å². The standard InChI is InChI=1S/C12H15F3N2O/c1-16(2)11(18)17(3)8-9-5-4-6-10(7-9)12(13,14)15/h4-7H,8H2,1-3H3. The summed E-state index contributed by atoms with van der Waals surface area (Å²) in [5.74, 6) is 0. The Bertz CT molecular complexity index is 430. The van der Waals surface area contributed by atoms with Crippen LogP contribution in [0.15, 0.2) is 24.3 Å². The number of amides is 2. The van der Waals surface area contributed by atoms with E-state index in [1.54, 1.807) is 27.2 Å². The molecule has 0 bridgehead atoms. The van der Waals surface area contributed by atoms with Crippen LogP contribution < -0.4 is 0 Å². The summed E-state index contributed by atoms with van der Waals surface area (Å²) in [4.78, 5) is 14.3. The van der Waals surface area contributed by atoms with Crippen LogP contribution in [-0.2, 0) is 12.7 Å². The Morgan fingerprint density at radius 3 is 2.33 bits per heavy atom. The Labute approximate surface area is 104 Å². The lowest BCUT2D eigenvalue weighted by Crippen LogP contribution is -2.35. The molecule has 0 spiro atoms. The van der Waals surface area contributed by atoms with E-state index in [1.807, 2.05) is 0 Å². The van der Waals surface area contributed by atoms with E-state index < -0.39 is 11.7 Å². The summed E-state index contributed by atoms with van der Waals surface area (Å²) in [5.41, 5.74) is -0.256. The van der Waals surface area contributed by atoms with Crippen LogP contribution in [0.1, 0.15) is 11.1 Å². The highest BCUT2D eigenvalue weighted by Gasteiger charge is 2.30. The zero-order valence-electron chi connectivity index (χ0n) is 10.5. The molecule has 0 heterocycles. The fourth-order valence-corrected chi connectivity index (χ4v) is 1.53. The second-order valence-electron chi connectivity index (χ2n) is 4.23. The topological polar surface area (TPSA) is 23.6 Å². The molecule has 6 heteroatoms. The summed E-state index contributed by atoms with van der Waals surface area (Å²) in [6.07, 6.45) is -4.36. The van der Waals surface area contributed by atoms with Gasteiger partial charge in [0, 0.05) is 27.7 Å². The Balaban J connectivity index is 2.83. The maximum absolute atomic E-state index is 12.5. The van der Waals surface area contributed by atoms with Gasteiger partial charge in [0.2, 0.25) is 0 Å². The Morgan fingerprint density at radius 1 is 1.22 bits per heavy atom. The van der Waals surface area contributed by atoms with E-state index in [4.69, 9.17) is 0 Å². The molecule has 18 heavy (non-hydrogen) atoms. The van der Waals surface area contributed by atoms with Crippen molar-refractivity contribution in [3.63, 3.8) is 0 Å². The van der Waals surface area contributed by atoms with E-state index in [0.717, 1.165) is 12.1 Å². The molecule has 1 rings (SSSR count). The normalized spacial score (nSPS) is 11.2. The highest BCUT2D eigenvalue weighted by molar-refractivity contribution is 5.73. The lowest BCUT2D eigenvalue weighted by Gasteiger charge is -2.22. The minimum atomic E-state index is -4.36. The third-order valence-electron chi connectivity index (χ3n) is 2.38. The molecule has 0 saturated carbocycles. The van der Waals surface area contributed by atoms with Gasteiger partial charge in [0.25, 0.3) is 0 Å². The van der Waals surface area contributed by atoms with E-state index in [-0.39, 0.29) is 12.6 Å². The van der Waals surface area contributed by atoms with Gasteiger partial charge in [-0.1, -0.05) is 12.1 Å². The predicted molar refractivity (Wildman–Crippen MR) is 62.0 cm³/mol. The van der Waals surface area contributed by atoms with Crippen molar-refractivity contribution in [3.05, 3.63) is 35.4 Å². The van der Waals surface area contributed by atoms with Gasteiger partial charge >= 0.3 is 12.2 Å². The highest BCUT2D eigenvalue weighted by atomic mass is 19.4. The molecule has 0 fully saturated rings. The highest BCUT2D eigenvalue weighted by Crippen LogP contribution is 2.29. The molecule has 0 unspecified atom stereocenters. The van der Waals surface area contributed by atoms with Crippen LogP contribution in [0, 0.1) is 0 Å². The van der Waals surface area contributed by atoms with Gasteiger partial charge in [0.1, 0.15) is 0 Å². The van der Waals surface area contributed by atoms with Crippen LogP contribution >= 0.6 is 0 Å². The summed E-state index contributed by atoms with van der Waals surface area (Å²) in [5, 5.41) is 0. The number of hydrogen-bond donors (Lipinski definition) is 0. The van der Waals surface area contributed by atoms with Crippen molar-refractivity contribution in [2.75, 3.05) is 21.1 Å². The summed E-state index contributed by atoms with van der Waals surface area (Å²) >= 11 is 0. The van der Waals surface area contributed by atoms with Gasteiger partial charge in [-0.15, -0.1) is 0 Å². The van der Waals surface area contributed by atoms with Gasteiger partial charge in [0.05, 0.1) is 5.56 Å². The molecule has 1 aromatic rings. The average Bonchev–Trinajstić information content (AvgIpc) is 2.27. The van der Waals surface area contributed by atoms with Gasteiger partial charge < -0.3 is 9.80 Å². The Morgan fingerprint density at radius 2 is 1.83 bits per heavy atom. The molecule has 3 nitrogen and oxygen atoms in total. The molecular weight excluding hydrogens is 245 g/mol. The van der Waals surface area contributed by atoms with Gasteiger partial charge in [-0.05, 0) is 17.7 Å². The van der Waals surface area contributed by atoms with E-state index in [9.17, 15) is 18.0 Å². The summed E-state index contributed by atoms with van der Waals surface area (Å²) in [7, 11) is 4.72. The second-order valence-corrected chi connectivity index (χ2v) is 4.23. The molecule has 1 aromatic carbocycles. The summed E-state index contributed by atoms with van der Waals surface area (Å²) < 4.78 is 37.5. The number of halogens is 3. The van der Waals surface area contributed by atoms with Crippen molar-refractivity contribution in [1.82, 2.24) is 9.80 Å². The number of hydrogen-bond acceptors (Lipinski definition) is 1. The molecule has 0 atom stereocenters. The van der Waals surface area contributed by atoms with Crippen molar-refractivity contribution in [1.29, 1.82) is 0 Å². The molecule has 0 aliphatic carbocycles. The molecule has 100 valence electrons. The third kappa shape index (κ3) is 3.65. The van der Waals surface area contributed by atoms with E-state index >= 15 is 0 Å². The minimum absolute atomic E-state index is 0.140. The first-order chi connectivity index (χ1) is 8.21. The van der Waals surface area contributed by atoms with Crippen molar-refractivity contribution >= 4 is 6.03 Å². The average molecular weight is 260 g/mol. The molecule has 0 radical (unpaired) electrons. The number of benzene rings is 1. The molecule has 0 aromatic heterocycles. The monoisotopic (exact) mass is 260 g/mol. The fraction of sp³-hybridized carbons (Fsp3) is 0.417. The van der Waals surface area contributed by atoms with Crippen LogP contribution in [0.5, 0.6) is 0 Å². The van der Waals surface area contributed by atoms with Gasteiger partial charge in [-0.2, -0.15) is 13.2 Å². The third-order valence-corrected chi connectivity index (χ3v) is 2.38. The Kier molecular flexibility index (Phi) is 4.21. The van der Waals surface area contributed by atoms with Gasteiger partial charge in [-0.25, -0.2) is 4.79 Å². The van der Waals surface area contributed by atoms with Crippen LogP contribution in [-0.4, -0.2) is 37.0 Å². The van der Waals surface area contributed by atoms with E-state index in [0.29, 0.717) is 5.56 Å². The Hall–Kier alpha value is -1.72. The van der Waals surface area contributed by atoms with Crippen LogP contribution in [0.2, 0.25) is 0 Å². The van der Waals surface area contributed by atoms with Crippen LogP contribution in [0.4, 0.5) is 18.0 Å². The summed E-state index contributed by atoms with van der Waals surface area (Å²) in [6.45, 7) is 0.140. The zero-order chi connectivity index (χ0) is 13.9. The number of rotatable bonds is 2. The largest absolute Gasteiger partial charge is 0.416 e. The maximum atomic E-state index is 12.5. The zero-order valence-corrected chi connectivity index (χ0v) is 10.5. The molecule has 2 amide bonds. The van der Waals surface area contributed by atoms with Gasteiger partial charge in [-0.3, -0.25) is 0 Å². The lowest BCUT2D eigenvalue weighted by atomic mass is 10.1. The maximum Gasteiger partial charge on any atom is 0.416 e. The number of carbonyl (C=O) groups excluding carboxylic acids is 1. The number of nitrogens with zero attached hydrogens (tertiary/aromatic N) is 2. The molecular formula is C12H15F3N2O. The quantitative estimate of drug-likeness (QED) is 0.802.